The van der Waals surface area contributed by atoms with E-state index in [9.17, 15) is 0 Å². The second-order valence-electron chi connectivity index (χ2n) is 7.87. The lowest BCUT2D eigenvalue weighted by molar-refractivity contribution is 0.321. The van der Waals surface area contributed by atoms with Gasteiger partial charge in [0.15, 0.2) is 11.4 Å². The third kappa shape index (κ3) is 3.98. The van der Waals surface area contributed by atoms with Gasteiger partial charge in [0, 0.05) is 45.4 Å². The zero-order valence-electron chi connectivity index (χ0n) is 17.3. The normalized spacial score (nSPS) is 14.8. The molecule has 0 spiro atoms. The number of nitrogens with one attached hydrogen (secondary N) is 2. The van der Waals surface area contributed by atoms with Gasteiger partial charge in [-0.05, 0) is 43.6 Å². The second-order valence-corrected chi connectivity index (χ2v) is 9.13. The summed E-state index contributed by atoms with van der Waals surface area (Å²) < 4.78 is 12.9. The lowest BCUT2D eigenvalue weighted by Crippen LogP contribution is -2.27. The topological polar surface area (TPSA) is 102 Å². The quantitative estimate of drug-likeness (QED) is 0.321. The summed E-state index contributed by atoms with van der Waals surface area (Å²) in [7, 11) is 0. The maximum Gasteiger partial charge on any atom is 0.205 e. The molecule has 1 aromatic carbocycles. The van der Waals surface area contributed by atoms with Crippen molar-refractivity contribution in [2.45, 2.75) is 25.2 Å². The number of pyridine rings is 1. The Balaban J connectivity index is 1.43. The van der Waals surface area contributed by atoms with Gasteiger partial charge in [-0.25, -0.2) is 4.98 Å². The maximum absolute atomic E-state index is 6.32. The fourth-order valence-electron chi connectivity index (χ4n) is 4.28. The Morgan fingerprint density at radius 1 is 1.25 bits per heavy atom. The summed E-state index contributed by atoms with van der Waals surface area (Å²) in [5.41, 5.74) is 10.8. The second kappa shape index (κ2) is 9.13. The van der Waals surface area contributed by atoms with E-state index in [2.05, 4.69) is 36.4 Å². The van der Waals surface area contributed by atoms with Crippen LogP contribution >= 0.6 is 27.5 Å². The fraction of sp³-hybridized carbons (Fsp3) is 0.304. The van der Waals surface area contributed by atoms with E-state index in [-0.39, 0.29) is 0 Å². The molecule has 0 atom stereocenters. The number of rotatable bonds is 6. The third-order valence-corrected chi connectivity index (χ3v) is 7.04. The van der Waals surface area contributed by atoms with Crippen LogP contribution in [0.5, 0.6) is 5.75 Å². The van der Waals surface area contributed by atoms with Gasteiger partial charge >= 0.3 is 0 Å². The molecular formula is C23H23BrClN5O2. The van der Waals surface area contributed by atoms with E-state index < -0.39 is 0 Å². The minimum atomic E-state index is 0.294. The number of ether oxygens (including phenoxy) is 1. The van der Waals surface area contributed by atoms with E-state index in [1.54, 1.807) is 12.5 Å². The van der Waals surface area contributed by atoms with Crippen molar-refractivity contribution in [1.29, 1.82) is 0 Å². The van der Waals surface area contributed by atoms with Gasteiger partial charge in [-0.15, -0.1) is 0 Å². The Morgan fingerprint density at radius 2 is 2.09 bits per heavy atom. The number of aromatic amines is 1. The fourth-order valence-corrected chi connectivity index (χ4v) is 5.22. The Labute approximate surface area is 198 Å². The molecule has 3 aromatic heterocycles. The predicted octanol–water partition coefficient (Wildman–Crippen LogP) is 5.30. The van der Waals surface area contributed by atoms with Crippen LogP contribution < -0.4 is 15.8 Å². The summed E-state index contributed by atoms with van der Waals surface area (Å²) in [4.78, 5) is 4.37. The molecule has 4 aromatic rings. The van der Waals surface area contributed by atoms with Crippen LogP contribution in [-0.4, -0.2) is 34.9 Å². The van der Waals surface area contributed by atoms with Crippen molar-refractivity contribution in [3.63, 3.8) is 0 Å². The summed E-state index contributed by atoms with van der Waals surface area (Å²) in [5, 5.41) is 12.5. The van der Waals surface area contributed by atoms with Gasteiger partial charge in [0.2, 0.25) is 5.75 Å². The molecule has 0 radical (unpaired) electrons. The van der Waals surface area contributed by atoms with E-state index in [1.807, 2.05) is 24.4 Å². The lowest BCUT2D eigenvalue weighted by Gasteiger charge is -2.21. The third-order valence-electron chi connectivity index (χ3n) is 5.95. The van der Waals surface area contributed by atoms with Crippen molar-refractivity contribution in [2.24, 2.45) is 0 Å². The smallest absolute Gasteiger partial charge is 0.205 e. The Hall–Kier alpha value is -2.55. The highest BCUT2D eigenvalue weighted by Gasteiger charge is 2.24. The molecule has 32 heavy (non-hydrogen) atoms. The first-order chi connectivity index (χ1) is 15.6. The standard InChI is InChI=1S/C23H23BrClN5O2/c24-18-2-1-3-19(25)14(18)6-9-31-22-21-16(10-28-23(22)26)17(12-32-21)15-11-29-30-20(15)13-4-7-27-8-5-13/h1-3,10-13,27H,4-9H2,(H2,26,28)(H,29,30). The van der Waals surface area contributed by atoms with Crippen LogP contribution in [0.15, 0.2) is 45.7 Å². The summed E-state index contributed by atoms with van der Waals surface area (Å²) >= 11 is 9.87. The highest BCUT2D eigenvalue weighted by molar-refractivity contribution is 9.10. The first-order valence-corrected chi connectivity index (χ1v) is 11.8. The van der Waals surface area contributed by atoms with Crippen molar-refractivity contribution in [3.8, 4) is 16.9 Å². The van der Waals surface area contributed by atoms with Gasteiger partial charge in [0.1, 0.15) is 6.26 Å². The van der Waals surface area contributed by atoms with Crippen molar-refractivity contribution in [1.82, 2.24) is 20.5 Å². The number of nitrogens with two attached hydrogens (primary N) is 1. The van der Waals surface area contributed by atoms with Crippen LogP contribution in [0.2, 0.25) is 5.02 Å². The van der Waals surface area contributed by atoms with Crippen LogP contribution in [0.1, 0.15) is 30.0 Å². The van der Waals surface area contributed by atoms with Gasteiger partial charge in [0.05, 0.1) is 17.7 Å². The lowest BCUT2D eigenvalue weighted by atomic mass is 9.90. The van der Waals surface area contributed by atoms with E-state index in [1.165, 1.54) is 0 Å². The highest BCUT2D eigenvalue weighted by Crippen LogP contribution is 2.40. The summed E-state index contributed by atoms with van der Waals surface area (Å²) in [5.74, 6) is 1.15. The maximum atomic E-state index is 6.32. The van der Waals surface area contributed by atoms with Gasteiger partial charge < -0.3 is 20.2 Å². The molecule has 7 nitrogen and oxygen atoms in total. The molecule has 0 unspecified atom stereocenters. The number of aromatic nitrogens is 3. The number of piperidine rings is 1. The molecule has 1 saturated heterocycles. The van der Waals surface area contributed by atoms with Crippen LogP contribution in [0, 0.1) is 0 Å². The number of anilines is 1. The van der Waals surface area contributed by atoms with E-state index in [4.69, 9.17) is 26.5 Å². The molecule has 1 fully saturated rings. The zero-order chi connectivity index (χ0) is 22.1. The molecule has 4 N–H and O–H groups in total. The van der Waals surface area contributed by atoms with Crippen LogP contribution in [0.25, 0.3) is 22.1 Å². The number of nitrogen functional groups attached to an aromatic ring is 1. The number of furan rings is 1. The molecule has 1 aliphatic heterocycles. The predicted molar refractivity (Wildman–Crippen MR) is 129 cm³/mol. The molecule has 0 aliphatic carbocycles. The van der Waals surface area contributed by atoms with Gasteiger partial charge in [-0.1, -0.05) is 33.6 Å². The van der Waals surface area contributed by atoms with E-state index in [0.29, 0.717) is 41.1 Å². The molecule has 0 saturated carbocycles. The molecule has 0 amide bonds. The highest BCUT2D eigenvalue weighted by atomic mass is 79.9. The first-order valence-electron chi connectivity index (χ1n) is 10.6. The average Bonchev–Trinajstić information content (AvgIpc) is 3.44. The zero-order valence-corrected chi connectivity index (χ0v) is 19.7. The number of fused-ring (bicyclic) bond motifs is 1. The van der Waals surface area contributed by atoms with Crippen LogP contribution in [0.3, 0.4) is 0 Å². The number of hydrogen-bond acceptors (Lipinski definition) is 6. The number of hydrogen-bond donors (Lipinski definition) is 3. The molecule has 1 aliphatic rings. The molecule has 9 heteroatoms. The number of benzene rings is 1. The van der Waals surface area contributed by atoms with Gasteiger partial charge in [-0.3, -0.25) is 5.10 Å². The Morgan fingerprint density at radius 3 is 2.91 bits per heavy atom. The Bertz CT molecular complexity index is 1230. The first kappa shape index (κ1) is 21.3. The molecule has 5 rings (SSSR count). The number of nitrogens with zero attached hydrogens (tertiary/aromatic N) is 2. The number of halogens is 2. The molecular weight excluding hydrogens is 494 g/mol. The van der Waals surface area contributed by atoms with Gasteiger partial charge in [-0.2, -0.15) is 5.10 Å². The van der Waals surface area contributed by atoms with Crippen molar-refractivity contribution < 1.29 is 9.15 Å². The number of H-pyrrole nitrogens is 1. The molecule has 166 valence electrons. The molecule has 0 bridgehead atoms. The summed E-state index contributed by atoms with van der Waals surface area (Å²) in [6.45, 7) is 2.39. The minimum absolute atomic E-state index is 0.294. The summed E-state index contributed by atoms with van der Waals surface area (Å²) in [6.07, 6.45) is 8.13. The SMILES string of the molecule is Nc1ncc2c(-c3c[nH]nc3C3CCNCC3)coc2c1OCCc1c(Cl)cccc1Br. The van der Waals surface area contributed by atoms with Crippen molar-refractivity contribution in [3.05, 3.63) is 57.6 Å². The largest absolute Gasteiger partial charge is 0.486 e. The average molecular weight is 517 g/mol. The Kier molecular flexibility index (Phi) is 6.08. The van der Waals surface area contributed by atoms with Crippen molar-refractivity contribution in [2.75, 3.05) is 25.4 Å². The van der Waals surface area contributed by atoms with Crippen LogP contribution in [0.4, 0.5) is 5.82 Å². The summed E-state index contributed by atoms with van der Waals surface area (Å²) in [6, 6.07) is 5.72. The van der Waals surface area contributed by atoms with E-state index >= 15 is 0 Å². The van der Waals surface area contributed by atoms with E-state index in [0.717, 1.165) is 58.2 Å². The van der Waals surface area contributed by atoms with Crippen LogP contribution in [-0.2, 0) is 6.42 Å². The minimum Gasteiger partial charge on any atom is -0.486 e. The monoisotopic (exact) mass is 515 g/mol. The van der Waals surface area contributed by atoms with Gasteiger partial charge in [0.25, 0.3) is 0 Å². The van der Waals surface area contributed by atoms with Crippen molar-refractivity contribution >= 4 is 44.3 Å². The molecule has 4 heterocycles.